The number of carbonyl (C=O) groups excluding carboxylic acids is 1. The SMILES string of the molecule is CCN(C)[C@H]1CN(C(=O)c2cccnc2)C2(CCCCC2)C1. The molecule has 4 heteroatoms. The van der Waals surface area contributed by atoms with Crippen molar-refractivity contribution < 1.29 is 4.79 Å². The van der Waals surface area contributed by atoms with Crippen LogP contribution in [0.4, 0.5) is 0 Å². The molecule has 1 aromatic rings. The van der Waals surface area contributed by atoms with Gasteiger partial charge in [0.25, 0.3) is 5.91 Å². The summed E-state index contributed by atoms with van der Waals surface area (Å²) in [6.07, 6.45) is 10.7. The highest BCUT2D eigenvalue weighted by Crippen LogP contribution is 2.43. The zero-order valence-electron chi connectivity index (χ0n) is 13.8. The van der Waals surface area contributed by atoms with Gasteiger partial charge < -0.3 is 9.80 Å². The largest absolute Gasteiger partial charge is 0.331 e. The molecule has 1 saturated heterocycles. The second kappa shape index (κ2) is 6.37. The smallest absolute Gasteiger partial charge is 0.255 e. The minimum Gasteiger partial charge on any atom is -0.331 e. The van der Waals surface area contributed by atoms with E-state index in [-0.39, 0.29) is 11.4 Å². The van der Waals surface area contributed by atoms with E-state index in [0.29, 0.717) is 6.04 Å². The summed E-state index contributed by atoms with van der Waals surface area (Å²) in [5.74, 6) is 0.169. The fraction of sp³-hybridized carbons (Fsp3) is 0.667. The van der Waals surface area contributed by atoms with E-state index in [1.54, 1.807) is 12.4 Å². The van der Waals surface area contributed by atoms with Gasteiger partial charge in [0, 0.05) is 30.5 Å². The third kappa shape index (κ3) is 2.76. The lowest BCUT2D eigenvalue weighted by molar-refractivity contribution is 0.0499. The second-order valence-corrected chi connectivity index (χ2v) is 6.87. The number of likely N-dealkylation sites (tertiary alicyclic amines) is 1. The third-order valence-electron chi connectivity index (χ3n) is 5.64. The van der Waals surface area contributed by atoms with Crippen molar-refractivity contribution in [3.8, 4) is 0 Å². The van der Waals surface area contributed by atoms with Gasteiger partial charge in [0.05, 0.1) is 5.56 Å². The fourth-order valence-electron chi connectivity index (χ4n) is 4.20. The van der Waals surface area contributed by atoms with Crippen LogP contribution in [0.5, 0.6) is 0 Å². The summed E-state index contributed by atoms with van der Waals surface area (Å²) in [5, 5.41) is 0. The van der Waals surface area contributed by atoms with Crippen LogP contribution in [-0.4, -0.2) is 52.4 Å². The summed E-state index contributed by atoms with van der Waals surface area (Å²) >= 11 is 0. The van der Waals surface area contributed by atoms with Crippen LogP contribution in [0, 0.1) is 0 Å². The van der Waals surface area contributed by atoms with Crippen molar-refractivity contribution in [2.75, 3.05) is 20.1 Å². The van der Waals surface area contributed by atoms with Gasteiger partial charge in [-0.2, -0.15) is 0 Å². The van der Waals surface area contributed by atoms with Crippen LogP contribution < -0.4 is 0 Å². The normalized spacial score (nSPS) is 24.1. The first-order valence-corrected chi connectivity index (χ1v) is 8.58. The van der Waals surface area contributed by atoms with Gasteiger partial charge in [0.2, 0.25) is 0 Å². The molecule has 0 unspecified atom stereocenters. The molecule has 1 aromatic heterocycles. The van der Waals surface area contributed by atoms with Gasteiger partial charge in [-0.15, -0.1) is 0 Å². The Bertz CT molecular complexity index is 510. The molecule has 0 N–H and O–H groups in total. The first-order valence-electron chi connectivity index (χ1n) is 8.58. The van der Waals surface area contributed by atoms with Gasteiger partial charge >= 0.3 is 0 Å². The molecule has 4 nitrogen and oxygen atoms in total. The van der Waals surface area contributed by atoms with E-state index in [0.717, 1.165) is 37.9 Å². The van der Waals surface area contributed by atoms with Crippen molar-refractivity contribution in [2.24, 2.45) is 0 Å². The Hall–Kier alpha value is -1.42. The van der Waals surface area contributed by atoms with Gasteiger partial charge in [-0.25, -0.2) is 0 Å². The Kier molecular flexibility index (Phi) is 4.48. The second-order valence-electron chi connectivity index (χ2n) is 6.87. The average molecular weight is 301 g/mol. The number of hydrogen-bond acceptors (Lipinski definition) is 3. The number of rotatable bonds is 3. The first kappa shape index (κ1) is 15.5. The Morgan fingerprint density at radius 1 is 1.41 bits per heavy atom. The van der Waals surface area contributed by atoms with Crippen LogP contribution in [0.2, 0.25) is 0 Å². The van der Waals surface area contributed by atoms with E-state index in [9.17, 15) is 4.79 Å². The average Bonchev–Trinajstić information content (AvgIpc) is 2.93. The molecule has 1 aliphatic heterocycles. The summed E-state index contributed by atoms with van der Waals surface area (Å²) in [6, 6.07) is 4.23. The Labute approximate surface area is 133 Å². The van der Waals surface area contributed by atoms with E-state index in [4.69, 9.17) is 0 Å². The number of nitrogens with zero attached hydrogens (tertiary/aromatic N) is 3. The van der Waals surface area contributed by atoms with Gasteiger partial charge in [-0.05, 0) is 45.0 Å². The minimum atomic E-state index is 0.0826. The maximum absolute atomic E-state index is 13.0. The molecule has 0 radical (unpaired) electrons. The van der Waals surface area contributed by atoms with E-state index >= 15 is 0 Å². The van der Waals surface area contributed by atoms with Crippen molar-refractivity contribution in [3.63, 3.8) is 0 Å². The van der Waals surface area contributed by atoms with Crippen molar-refractivity contribution in [1.29, 1.82) is 0 Å². The highest BCUT2D eigenvalue weighted by Gasteiger charge is 2.48. The zero-order chi connectivity index (χ0) is 15.6. The molecule has 2 aliphatic rings. The van der Waals surface area contributed by atoms with Gasteiger partial charge in [0.1, 0.15) is 0 Å². The van der Waals surface area contributed by atoms with Crippen LogP contribution >= 0.6 is 0 Å². The number of likely N-dealkylation sites (N-methyl/N-ethyl adjacent to an activating group) is 1. The summed E-state index contributed by atoms with van der Waals surface area (Å²) in [7, 11) is 2.18. The van der Waals surface area contributed by atoms with E-state index < -0.39 is 0 Å². The fourth-order valence-corrected chi connectivity index (χ4v) is 4.20. The molecule has 1 spiro atoms. The number of hydrogen-bond donors (Lipinski definition) is 0. The molecule has 120 valence electrons. The van der Waals surface area contributed by atoms with Crippen molar-refractivity contribution in [2.45, 2.75) is 57.0 Å². The molecular weight excluding hydrogens is 274 g/mol. The Morgan fingerprint density at radius 3 is 2.82 bits per heavy atom. The lowest BCUT2D eigenvalue weighted by atomic mass is 9.79. The van der Waals surface area contributed by atoms with Crippen LogP contribution in [0.25, 0.3) is 0 Å². The topological polar surface area (TPSA) is 36.4 Å². The number of carbonyl (C=O) groups is 1. The monoisotopic (exact) mass is 301 g/mol. The van der Waals surface area contributed by atoms with Gasteiger partial charge in [0.15, 0.2) is 0 Å². The molecule has 1 atom stereocenters. The predicted molar refractivity (Wildman–Crippen MR) is 87.8 cm³/mol. The number of pyridine rings is 1. The summed E-state index contributed by atoms with van der Waals surface area (Å²) in [5.41, 5.74) is 0.812. The molecule has 0 bridgehead atoms. The number of amides is 1. The highest BCUT2D eigenvalue weighted by atomic mass is 16.2. The van der Waals surface area contributed by atoms with Crippen LogP contribution in [0.1, 0.15) is 55.8 Å². The molecule has 1 saturated carbocycles. The molecule has 1 amide bonds. The quantitative estimate of drug-likeness (QED) is 0.861. The summed E-state index contributed by atoms with van der Waals surface area (Å²) in [6.45, 7) is 4.09. The maximum Gasteiger partial charge on any atom is 0.255 e. The molecule has 1 aliphatic carbocycles. The standard InChI is InChI=1S/C18H27N3O/c1-3-20(2)16-12-18(9-5-4-6-10-18)21(14-16)17(22)15-8-7-11-19-13-15/h7-8,11,13,16H,3-6,9-10,12,14H2,1-2H3/t16-/m1/s1. The molecule has 2 fully saturated rings. The van der Waals surface area contributed by atoms with Crippen molar-refractivity contribution in [1.82, 2.24) is 14.8 Å². The van der Waals surface area contributed by atoms with Crippen LogP contribution in [0.3, 0.4) is 0 Å². The van der Waals surface area contributed by atoms with E-state index in [1.165, 1.54) is 19.3 Å². The first-order chi connectivity index (χ1) is 10.7. The molecule has 3 rings (SSSR count). The van der Waals surface area contributed by atoms with Crippen molar-refractivity contribution in [3.05, 3.63) is 30.1 Å². The lowest BCUT2D eigenvalue weighted by Gasteiger charge is -2.41. The third-order valence-corrected chi connectivity index (χ3v) is 5.64. The molecule has 0 aromatic carbocycles. The summed E-state index contributed by atoms with van der Waals surface area (Å²) in [4.78, 5) is 21.7. The minimum absolute atomic E-state index is 0.0826. The molecule has 22 heavy (non-hydrogen) atoms. The van der Waals surface area contributed by atoms with Gasteiger partial charge in [-0.1, -0.05) is 26.2 Å². The Morgan fingerprint density at radius 2 is 2.18 bits per heavy atom. The maximum atomic E-state index is 13.0. The van der Waals surface area contributed by atoms with Gasteiger partial charge in [-0.3, -0.25) is 9.78 Å². The summed E-state index contributed by atoms with van der Waals surface area (Å²) < 4.78 is 0. The lowest BCUT2D eigenvalue weighted by Crippen LogP contribution is -2.48. The molecular formula is C18H27N3O. The molecule has 2 heterocycles. The van der Waals surface area contributed by atoms with Crippen molar-refractivity contribution >= 4 is 5.91 Å². The van der Waals surface area contributed by atoms with E-state index in [1.807, 2.05) is 12.1 Å². The zero-order valence-corrected chi connectivity index (χ0v) is 13.8. The van der Waals surface area contributed by atoms with Crippen LogP contribution in [0.15, 0.2) is 24.5 Å². The predicted octanol–water partition coefficient (Wildman–Crippen LogP) is 2.95. The number of aromatic nitrogens is 1. The van der Waals surface area contributed by atoms with E-state index in [2.05, 4.69) is 28.8 Å². The highest BCUT2D eigenvalue weighted by molar-refractivity contribution is 5.94. The Balaban J connectivity index is 1.87. The van der Waals surface area contributed by atoms with Crippen LogP contribution in [-0.2, 0) is 0 Å².